The van der Waals surface area contributed by atoms with Crippen molar-refractivity contribution in [2.45, 2.75) is 38.4 Å². The quantitative estimate of drug-likeness (QED) is 0.890. The van der Waals surface area contributed by atoms with Gasteiger partial charge in [-0.1, -0.05) is 12.1 Å². The Balaban J connectivity index is 1.33. The second-order valence-corrected chi connectivity index (χ2v) is 8.03. The zero-order valence-corrected chi connectivity index (χ0v) is 15.3. The summed E-state index contributed by atoms with van der Waals surface area (Å²) in [5.41, 5.74) is 1.20. The summed E-state index contributed by atoms with van der Waals surface area (Å²) in [6, 6.07) is 5.68. The molecule has 4 rings (SSSR count). The molecule has 1 unspecified atom stereocenters. The second-order valence-electron chi connectivity index (χ2n) is 7.15. The van der Waals surface area contributed by atoms with Gasteiger partial charge in [-0.25, -0.2) is 4.39 Å². The zero-order valence-electron chi connectivity index (χ0n) is 14.5. The summed E-state index contributed by atoms with van der Waals surface area (Å²) < 4.78 is 14.6. The minimum absolute atomic E-state index is 0.0566. The number of fused-ring (bicyclic) bond motifs is 1. The third-order valence-electron chi connectivity index (χ3n) is 5.28. The van der Waals surface area contributed by atoms with Crippen molar-refractivity contribution in [3.8, 4) is 0 Å². The molecule has 1 aromatic carbocycles. The molecule has 25 heavy (non-hydrogen) atoms. The Morgan fingerprint density at radius 1 is 1.32 bits per heavy atom. The third-order valence-corrected chi connectivity index (χ3v) is 6.34. The Morgan fingerprint density at radius 2 is 2.08 bits per heavy atom. The zero-order chi connectivity index (χ0) is 17.4. The molecule has 1 atom stereocenters. The van der Waals surface area contributed by atoms with Crippen LogP contribution in [0.4, 0.5) is 4.39 Å². The maximum Gasteiger partial charge on any atom is 0.237 e. The first-order chi connectivity index (χ1) is 12.1. The van der Waals surface area contributed by atoms with Gasteiger partial charge in [0.2, 0.25) is 5.91 Å². The average molecular weight is 361 g/mol. The highest BCUT2D eigenvalue weighted by molar-refractivity contribution is 7.17. The predicted molar refractivity (Wildman–Crippen MR) is 99.3 cm³/mol. The predicted octanol–water partition coefficient (Wildman–Crippen LogP) is 2.83. The highest BCUT2D eigenvalue weighted by Crippen LogP contribution is 2.29. The Labute approximate surface area is 151 Å². The molecule has 0 spiro atoms. The number of carbonyl (C=O) groups is 1. The monoisotopic (exact) mass is 361 g/mol. The number of halogens is 1. The van der Waals surface area contributed by atoms with E-state index >= 15 is 0 Å². The molecule has 1 saturated carbocycles. The lowest BCUT2D eigenvalue weighted by molar-refractivity contribution is -0.126. The molecule has 2 fully saturated rings. The number of piperazine rings is 1. The van der Waals surface area contributed by atoms with E-state index in [1.165, 1.54) is 23.0 Å². The summed E-state index contributed by atoms with van der Waals surface area (Å²) in [6.07, 6.45) is 2.25. The number of hydrogen-bond donors (Lipinski definition) is 1. The van der Waals surface area contributed by atoms with Crippen LogP contribution in [-0.2, 0) is 11.3 Å². The van der Waals surface area contributed by atoms with Crippen LogP contribution < -0.4 is 5.32 Å². The van der Waals surface area contributed by atoms with E-state index in [2.05, 4.69) is 20.5 Å². The number of rotatable bonds is 5. The standard InChI is InChI=1S/C19H24FN3OS/c1-13(19(24)21-15-5-6-15)23-9-7-22(8-10-23)11-14-12-25-18-16(14)3-2-4-17(18)20/h2-4,12-13,15H,5-11H2,1H3,(H,21,24). The molecule has 1 N–H and O–H groups in total. The fourth-order valence-electron chi connectivity index (χ4n) is 3.46. The normalized spacial score (nSPS) is 20.7. The summed E-state index contributed by atoms with van der Waals surface area (Å²) in [5.74, 6) is 0.0318. The van der Waals surface area contributed by atoms with Crippen molar-refractivity contribution < 1.29 is 9.18 Å². The van der Waals surface area contributed by atoms with Crippen LogP contribution >= 0.6 is 11.3 Å². The fourth-order valence-corrected chi connectivity index (χ4v) is 4.43. The molecule has 0 bridgehead atoms. The Kier molecular flexibility index (Phi) is 4.75. The maximum absolute atomic E-state index is 13.8. The number of benzene rings is 1. The Bertz CT molecular complexity index is 765. The van der Waals surface area contributed by atoms with Crippen molar-refractivity contribution in [2.24, 2.45) is 0 Å². The lowest BCUT2D eigenvalue weighted by Gasteiger charge is -2.37. The molecule has 2 aliphatic rings. The number of nitrogens with one attached hydrogen (secondary N) is 1. The third kappa shape index (κ3) is 3.71. The molecule has 1 amide bonds. The summed E-state index contributed by atoms with van der Waals surface area (Å²) in [5, 5.41) is 6.20. The van der Waals surface area contributed by atoms with Crippen molar-refractivity contribution in [2.75, 3.05) is 26.2 Å². The first kappa shape index (κ1) is 16.9. The molecule has 1 aliphatic heterocycles. The van der Waals surface area contributed by atoms with E-state index in [-0.39, 0.29) is 17.8 Å². The SMILES string of the molecule is CC(C(=O)NC1CC1)N1CCN(Cc2csc3c(F)cccc23)CC1. The number of thiophene rings is 1. The average Bonchev–Trinajstić information content (AvgIpc) is 3.34. The lowest BCUT2D eigenvalue weighted by atomic mass is 10.1. The smallest absolute Gasteiger partial charge is 0.237 e. The van der Waals surface area contributed by atoms with Crippen molar-refractivity contribution in [3.05, 3.63) is 35.0 Å². The first-order valence-corrected chi connectivity index (χ1v) is 9.91. The van der Waals surface area contributed by atoms with Gasteiger partial charge in [0.05, 0.1) is 10.7 Å². The van der Waals surface area contributed by atoms with Crippen molar-refractivity contribution in [1.82, 2.24) is 15.1 Å². The highest BCUT2D eigenvalue weighted by atomic mass is 32.1. The van der Waals surface area contributed by atoms with Crippen LogP contribution in [-0.4, -0.2) is 54.0 Å². The number of nitrogens with zero attached hydrogens (tertiary/aromatic N) is 2. The molecule has 1 saturated heterocycles. The van der Waals surface area contributed by atoms with Crippen molar-refractivity contribution >= 4 is 27.3 Å². The van der Waals surface area contributed by atoms with Crippen molar-refractivity contribution in [1.29, 1.82) is 0 Å². The number of carbonyl (C=O) groups excluding carboxylic acids is 1. The van der Waals surface area contributed by atoms with Crippen LogP contribution in [0.2, 0.25) is 0 Å². The van der Waals surface area contributed by atoms with Gasteiger partial charge in [0.15, 0.2) is 0 Å². The molecule has 0 radical (unpaired) electrons. The van der Waals surface area contributed by atoms with Crippen LogP contribution in [0.25, 0.3) is 10.1 Å². The van der Waals surface area contributed by atoms with Crippen molar-refractivity contribution in [3.63, 3.8) is 0 Å². The van der Waals surface area contributed by atoms with Crippen LogP contribution in [0.5, 0.6) is 0 Å². The summed E-state index contributed by atoms with van der Waals surface area (Å²) in [6.45, 7) is 6.52. The van der Waals surface area contributed by atoms with Gasteiger partial charge in [-0.15, -0.1) is 11.3 Å². The first-order valence-electron chi connectivity index (χ1n) is 9.03. The second kappa shape index (κ2) is 7.02. The topological polar surface area (TPSA) is 35.6 Å². The number of amides is 1. The molecule has 4 nitrogen and oxygen atoms in total. The van der Waals surface area contributed by atoms with Crippen LogP contribution in [0.3, 0.4) is 0 Å². The van der Waals surface area contributed by atoms with Crippen LogP contribution in [0.15, 0.2) is 23.6 Å². The Hall–Kier alpha value is -1.50. The molecule has 1 aromatic heterocycles. The van der Waals surface area contributed by atoms with Gasteiger partial charge in [-0.3, -0.25) is 14.6 Å². The molecule has 2 aromatic rings. The van der Waals surface area contributed by atoms with E-state index in [0.29, 0.717) is 6.04 Å². The summed E-state index contributed by atoms with van der Waals surface area (Å²) in [7, 11) is 0. The van der Waals surface area contributed by atoms with E-state index < -0.39 is 0 Å². The van der Waals surface area contributed by atoms with Gasteiger partial charge in [0.1, 0.15) is 5.82 Å². The maximum atomic E-state index is 13.8. The van der Waals surface area contributed by atoms with E-state index in [1.807, 2.05) is 13.0 Å². The molecule has 1 aliphatic carbocycles. The largest absolute Gasteiger partial charge is 0.352 e. The summed E-state index contributed by atoms with van der Waals surface area (Å²) in [4.78, 5) is 16.9. The van der Waals surface area contributed by atoms with Gasteiger partial charge >= 0.3 is 0 Å². The molecule has 2 heterocycles. The minimum Gasteiger partial charge on any atom is -0.352 e. The molecular weight excluding hydrogens is 337 g/mol. The fraction of sp³-hybridized carbons (Fsp3) is 0.526. The van der Waals surface area contributed by atoms with E-state index in [9.17, 15) is 9.18 Å². The van der Waals surface area contributed by atoms with Crippen LogP contribution in [0, 0.1) is 5.82 Å². The van der Waals surface area contributed by atoms with E-state index in [4.69, 9.17) is 0 Å². The summed E-state index contributed by atoms with van der Waals surface area (Å²) >= 11 is 1.49. The van der Waals surface area contributed by atoms with Gasteiger partial charge < -0.3 is 5.32 Å². The minimum atomic E-state index is -0.130. The highest BCUT2D eigenvalue weighted by Gasteiger charge is 2.30. The van der Waals surface area contributed by atoms with Gasteiger partial charge in [-0.2, -0.15) is 0 Å². The number of hydrogen-bond acceptors (Lipinski definition) is 4. The van der Waals surface area contributed by atoms with E-state index in [0.717, 1.165) is 55.7 Å². The van der Waals surface area contributed by atoms with Gasteiger partial charge in [-0.05, 0) is 42.2 Å². The van der Waals surface area contributed by atoms with E-state index in [1.54, 1.807) is 6.07 Å². The molecule has 134 valence electrons. The van der Waals surface area contributed by atoms with Crippen LogP contribution in [0.1, 0.15) is 25.3 Å². The molecular formula is C19H24FN3OS. The van der Waals surface area contributed by atoms with Gasteiger partial charge in [0.25, 0.3) is 0 Å². The Morgan fingerprint density at radius 3 is 2.80 bits per heavy atom. The van der Waals surface area contributed by atoms with Gasteiger partial charge in [0, 0.05) is 38.8 Å². The molecule has 6 heteroatoms. The lowest BCUT2D eigenvalue weighted by Crippen LogP contribution is -2.53.